The van der Waals surface area contributed by atoms with Crippen molar-refractivity contribution < 1.29 is 14.4 Å². The molecule has 0 bridgehead atoms. The van der Waals surface area contributed by atoms with Gasteiger partial charge in [0.15, 0.2) is 5.82 Å². The summed E-state index contributed by atoms with van der Waals surface area (Å²) in [7, 11) is 0. The van der Waals surface area contributed by atoms with Crippen LogP contribution in [0.2, 0.25) is 0 Å². The van der Waals surface area contributed by atoms with E-state index in [1.54, 1.807) is 0 Å². The van der Waals surface area contributed by atoms with Crippen molar-refractivity contribution in [3.05, 3.63) is 11.7 Å². The van der Waals surface area contributed by atoms with Crippen LogP contribution in [-0.2, 0) is 17.6 Å². The second kappa shape index (κ2) is 8.63. The summed E-state index contributed by atoms with van der Waals surface area (Å²) in [4.78, 5) is 15.6. The molecule has 0 fully saturated rings. The molecule has 0 saturated heterocycles. The van der Waals surface area contributed by atoms with Crippen molar-refractivity contribution in [1.82, 2.24) is 15.5 Å². The van der Waals surface area contributed by atoms with E-state index in [0.29, 0.717) is 37.5 Å². The molecule has 6 heteroatoms. The highest BCUT2D eigenvalue weighted by atomic mass is 16.5. The Morgan fingerprint density at radius 3 is 2.94 bits per heavy atom. The molecule has 1 rings (SSSR count). The summed E-state index contributed by atoms with van der Waals surface area (Å²) in [5.41, 5.74) is 0. The number of rotatable bonds is 9. The third-order valence-corrected chi connectivity index (χ3v) is 2.46. The Balaban J connectivity index is 2.16. The number of aliphatic hydroxyl groups excluding tert-OH is 1. The van der Waals surface area contributed by atoms with Gasteiger partial charge in [-0.15, -0.1) is 0 Å². The molecule has 6 nitrogen and oxygen atoms in total. The normalized spacial score (nSPS) is 10.6. The van der Waals surface area contributed by atoms with E-state index in [1.807, 2.05) is 0 Å². The number of amides is 1. The first kappa shape index (κ1) is 14.6. The minimum atomic E-state index is -0.0248. The predicted octanol–water partition coefficient (Wildman–Crippen LogP) is 0.843. The van der Waals surface area contributed by atoms with Crippen LogP contribution in [0.25, 0.3) is 0 Å². The van der Waals surface area contributed by atoms with Gasteiger partial charge >= 0.3 is 0 Å². The standard InChI is InChI=1S/C12H21N3O3/c1-2-5-10-14-12(18-15-10)7-6-11(17)13-8-3-4-9-16/h16H,2-9H2,1H3,(H,13,17). The van der Waals surface area contributed by atoms with Gasteiger partial charge in [0.2, 0.25) is 11.8 Å². The molecular weight excluding hydrogens is 234 g/mol. The molecule has 0 atom stereocenters. The van der Waals surface area contributed by atoms with Crippen LogP contribution in [0, 0.1) is 0 Å². The smallest absolute Gasteiger partial charge is 0.227 e. The van der Waals surface area contributed by atoms with Gasteiger partial charge in [-0.1, -0.05) is 12.1 Å². The Morgan fingerprint density at radius 1 is 1.39 bits per heavy atom. The molecule has 2 N–H and O–H groups in total. The fourth-order valence-corrected chi connectivity index (χ4v) is 1.49. The van der Waals surface area contributed by atoms with Gasteiger partial charge < -0.3 is 14.9 Å². The van der Waals surface area contributed by atoms with Gasteiger partial charge in [0.1, 0.15) is 0 Å². The number of nitrogens with zero attached hydrogens (tertiary/aromatic N) is 2. The molecule has 1 aromatic rings. The molecule has 0 saturated carbocycles. The molecule has 0 aliphatic carbocycles. The average molecular weight is 255 g/mol. The molecule has 1 aromatic heterocycles. The first-order valence-electron chi connectivity index (χ1n) is 6.45. The predicted molar refractivity (Wildman–Crippen MR) is 65.9 cm³/mol. The Morgan fingerprint density at radius 2 is 2.22 bits per heavy atom. The van der Waals surface area contributed by atoms with Crippen LogP contribution in [0.1, 0.15) is 44.3 Å². The number of hydrogen-bond acceptors (Lipinski definition) is 5. The molecule has 0 unspecified atom stereocenters. The zero-order chi connectivity index (χ0) is 13.2. The maximum absolute atomic E-state index is 11.4. The lowest BCUT2D eigenvalue weighted by molar-refractivity contribution is -0.121. The highest BCUT2D eigenvalue weighted by Crippen LogP contribution is 2.03. The summed E-state index contributed by atoms with van der Waals surface area (Å²) >= 11 is 0. The Labute approximate surface area is 107 Å². The van der Waals surface area contributed by atoms with E-state index >= 15 is 0 Å². The largest absolute Gasteiger partial charge is 0.396 e. The second-order valence-electron chi connectivity index (χ2n) is 4.14. The van der Waals surface area contributed by atoms with Gasteiger partial charge in [0, 0.05) is 32.4 Å². The molecule has 102 valence electrons. The minimum absolute atomic E-state index is 0.0248. The highest BCUT2D eigenvalue weighted by Gasteiger charge is 2.08. The number of carbonyl (C=O) groups is 1. The molecule has 0 radical (unpaired) electrons. The van der Waals surface area contributed by atoms with E-state index in [-0.39, 0.29) is 12.5 Å². The average Bonchev–Trinajstić information content (AvgIpc) is 2.80. The summed E-state index contributed by atoms with van der Waals surface area (Å²) in [5, 5.41) is 15.2. The number of carbonyl (C=O) groups excluding carboxylic acids is 1. The molecule has 0 aliphatic heterocycles. The first-order valence-corrected chi connectivity index (χ1v) is 6.45. The molecule has 0 aromatic carbocycles. The SMILES string of the molecule is CCCc1noc(CCC(=O)NCCCCO)n1. The van der Waals surface area contributed by atoms with E-state index in [1.165, 1.54) is 0 Å². The van der Waals surface area contributed by atoms with Gasteiger partial charge in [-0.3, -0.25) is 4.79 Å². The third-order valence-electron chi connectivity index (χ3n) is 2.46. The lowest BCUT2D eigenvalue weighted by Crippen LogP contribution is -2.24. The van der Waals surface area contributed by atoms with Crippen LogP contribution in [0.3, 0.4) is 0 Å². The van der Waals surface area contributed by atoms with Crippen molar-refractivity contribution in [2.45, 2.75) is 45.4 Å². The highest BCUT2D eigenvalue weighted by molar-refractivity contribution is 5.75. The number of aliphatic hydroxyl groups is 1. The van der Waals surface area contributed by atoms with Gasteiger partial charge in [-0.05, 0) is 19.3 Å². The summed E-state index contributed by atoms with van der Waals surface area (Å²) in [5.74, 6) is 1.20. The van der Waals surface area contributed by atoms with Crippen LogP contribution in [0.5, 0.6) is 0 Å². The monoisotopic (exact) mass is 255 g/mol. The molecule has 1 heterocycles. The van der Waals surface area contributed by atoms with Crippen LogP contribution >= 0.6 is 0 Å². The molecular formula is C12H21N3O3. The summed E-state index contributed by atoms with van der Waals surface area (Å²) in [6.45, 7) is 2.82. The van der Waals surface area contributed by atoms with E-state index < -0.39 is 0 Å². The molecule has 0 aliphatic rings. The van der Waals surface area contributed by atoms with Crippen molar-refractivity contribution in [3.63, 3.8) is 0 Å². The van der Waals surface area contributed by atoms with Crippen LogP contribution in [0.15, 0.2) is 4.52 Å². The summed E-state index contributed by atoms with van der Waals surface area (Å²) < 4.78 is 5.04. The lowest BCUT2D eigenvalue weighted by atomic mass is 10.2. The lowest BCUT2D eigenvalue weighted by Gasteiger charge is -2.02. The Bertz CT molecular complexity index is 352. The number of aryl methyl sites for hydroxylation is 2. The van der Waals surface area contributed by atoms with Crippen molar-refractivity contribution in [2.75, 3.05) is 13.2 Å². The quantitative estimate of drug-likeness (QED) is 0.638. The molecule has 18 heavy (non-hydrogen) atoms. The van der Waals surface area contributed by atoms with E-state index in [0.717, 1.165) is 19.3 Å². The summed E-state index contributed by atoms with van der Waals surface area (Å²) in [6, 6.07) is 0. The van der Waals surface area contributed by atoms with E-state index in [9.17, 15) is 4.79 Å². The number of aromatic nitrogens is 2. The van der Waals surface area contributed by atoms with Crippen LogP contribution in [-0.4, -0.2) is 34.3 Å². The number of unbranched alkanes of at least 4 members (excludes halogenated alkanes) is 1. The maximum atomic E-state index is 11.4. The first-order chi connectivity index (χ1) is 8.76. The minimum Gasteiger partial charge on any atom is -0.396 e. The number of hydrogen-bond donors (Lipinski definition) is 2. The van der Waals surface area contributed by atoms with Crippen molar-refractivity contribution in [2.24, 2.45) is 0 Å². The fourth-order valence-electron chi connectivity index (χ4n) is 1.49. The topological polar surface area (TPSA) is 88.2 Å². The van der Waals surface area contributed by atoms with Gasteiger partial charge in [0.05, 0.1) is 0 Å². The zero-order valence-electron chi connectivity index (χ0n) is 10.8. The fraction of sp³-hybridized carbons (Fsp3) is 0.750. The van der Waals surface area contributed by atoms with Crippen molar-refractivity contribution in [3.8, 4) is 0 Å². The third kappa shape index (κ3) is 5.77. The van der Waals surface area contributed by atoms with Crippen LogP contribution < -0.4 is 5.32 Å². The van der Waals surface area contributed by atoms with Crippen molar-refractivity contribution in [1.29, 1.82) is 0 Å². The van der Waals surface area contributed by atoms with Gasteiger partial charge in [-0.25, -0.2) is 0 Å². The zero-order valence-corrected chi connectivity index (χ0v) is 10.8. The Kier molecular flexibility index (Phi) is 7.01. The summed E-state index contributed by atoms with van der Waals surface area (Å²) in [6.07, 6.45) is 4.12. The second-order valence-corrected chi connectivity index (χ2v) is 4.14. The van der Waals surface area contributed by atoms with Gasteiger partial charge in [-0.2, -0.15) is 4.98 Å². The Hall–Kier alpha value is -1.43. The van der Waals surface area contributed by atoms with Crippen LogP contribution in [0.4, 0.5) is 0 Å². The molecule has 0 spiro atoms. The molecule has 1 amide bonds. The van der Waals surface area contributed by atoms with Gasteiger partial charge in [0.25, 0.3) is 0 Å². The maximum Gasteiger partial charge on any atom is 0.227 e. The number of nitrogens with one attached hydrogen (secondary N) is 1. The van der Waals surface area contributed by atoms with E-state index in [2.05, 4.69) is 22.4 Å². The van der Waals surface area contributed by atoms with E-state index in [4.69, 9.17) is 9.63 Å². The van der Waals surface area contributed by atoms with Crippen molar-refractivity contribution >= 4 is 5.91 Å².